The molecule has 1 N–H and O–H groups in total. The highest BCUT2D eigenvalue weighted by Crippen LogP contribution is 2.23. The molecule has 2 aromatic rings. The van der Waals surface area contributed by atoms with Crippen molar-refractivity contribution in [1.29, 1.82) is 0 Å². The number of imide groups is 1. The maximum Gasteiger partial charge on any atom is 0.261 e. The molecule has 0 radical (unpaired) electrons. The zero-order valence-electron chi connectivity index (χ0n) is 16.4. The standard InChI is InChI=1S/C23H25N3O3/c27-21(24-16-17-9-11-18(12-10-17)25-13-3-4-14-25)8-5-15-26-22(28)19-6-1-2-7-20(19)23(26)29/h1-2,6-7,9-12H,3-5,8,13-16H2,(H,24,27). The minimum absolute atomic E-state index is 0.0785. The Labute approximate surface area is 170 Å². The molecule has 1 fully saturated rings. The molecule has 4 rings (SSSR count). The van der Waals surface area contributed by atoms with Crippen molar-refractivity contribution in [2.24, 2.45) is 0 Å². The fourth-order valence-electron chi connectivity index (χ4n) is 3.93. The first-order valence-corrected chi connectivity index (χ1v) is 10.2. The van der Waals surface area contributed by atoms with Crippen LogP contribution < -0.4 is 10.2 Å². The quantitative estimate of drug-likeness (QED) is 0.737. The van der Waals surface area contributed by atoms with Crippen LogP contribution in [0.2, 0.25) is 0 Å². The van der Waals surface area contributed by atoms with Gasteiger partial charge in [-0.1, -0.05) is 24.3 Å². The molecule has 0 bridgehead atoms. The zero-order valence-corrected chi connectivity index (χ0v) is 16.4. The Bertz CT molecular complexity index is 882. The number of anilines is 1. The number of hydrogen-bond acceptors (Lipinski definition) is 4. The van der Waals surface area contributed by atoms with Gasteiger partial charge in [0.05, 0.1) is 11.1 Å². The number of rotatable bonds is 7. The molecule has 2 heterocycles. The van der Waals surface area contributed by atoms with Crippen LogP contribution in [0.4, 0.5) is 5.69 Å². The molecule has 2 aliphatic heterocycles. The molecule has 150 valence electrons. The Hall–Kier alpha value is -3.15. The van der Waals surface area contributed by atoms with E-state index >= 15 is 0 Å². The lowest BCUT2D eigenvalue weighted by atomic mass is 10.1. The van der Waals surface area contributed by atoms with Gasteiger partial charge in [0, 0.05) is 38.3 Å². The highest BCUT2D eigenvalue weighted by atomic mass is 16.2. The first kappa shape index (κ1) is 19.2. The second kappa shape index (κ2) is 8.47. The van der Waals surface area contributed by atoms with Gasteiger partial charge in [-0.05, 0) is 49.1 Å². The van der Waals surface area contributed by atoms with Crippen molar-refractivity contribution in [2.75, 3.05) is 24.5 Å². The monoisotopic (exact) mass is 391 g/mol. The first-order valence-electron chi connectivity index (χ1n) is 10.2. The molecule has 3 amide bonds. The van der Waals surface area contributed by atoms with E-state index < -0.39 is 0 Å². The third kappa shape index (κ3) is 4.16. The Morgan fingerprint density at radius 3 is 2.14 bits per heavy atom. The van der Waals surface area contributed by atoms with Crippen LogP contribution in [0.3, 0.4) is 0 Å². The van der Waals surface area contributed by atoms with Gasteiger partial charge in [0.2, 0.25) is 5.91 Å². The van der Waals surface area contributed by atoms with E-state index in [0.717, 1.165) is 18.7 Å². The molecule has 2 aromatic carbocycles. The van der Waals surface area contributed by atoms with Crippen LogP contribution in [0.1, 0.15) is 52.0 Å². The molecule has 0 aliphatic carbocycles. The lowest BCUT2D eigenvalue weighted by Gasteiger charge is -2.17. The van der Waals surface area contributed by atoms with Gasteiger partial charge >= 0.3 is 0 Å². The summed E-state index contributed by atoms with van der Waals surface area (Å²) < 4.78 is 0. The molecular weight excluding hydrogens is 366 g/mol. The first-order chi connectivity index (χ1) is 14.1. The number of fused-ring (bicyclic) bond motifs is 1. The minimum Gasteiger partial charge on any atom is -0.372 e. The van der Waals surface area contributed by atoms with E-state index in [4.69, 9.17) is 0 Å². The Morgan fingerprint density at radius 2 is 1.52 bits per heavy atom. The van der Waals surface area contributed by atoms with E-state index in [1.807, 2.05) is 12.1 Å². The molecule has 29 heavy (non-hydrogen) atoms. The van der Waals surface area contributed by atoms with Gasteiger partial charge in [-0.2, -0.15) is 0 Å². The summed E-state index contributed by atoms with van der Waals surface area (Å²) in [6.45, 7) is 2.96. The van der Waals surface area contributed by atoms with Gasteiger partial charge in [-0.3, -0.25) is 19.3 Å². The molecule has 0 aromatic heterocycles. The van der Waals surface area contributed by atoms with Gasteiger partial charge in [0.15, 0.2) is 0 Å². The smallest absolute Gasteiger partial charge is 0.261 e. The number of nitrogens with one attached hydrogen (secondary N) is 1. The van der Waals surface area contributed by atoms with Crippen molar-refractivity contribution in [2.45, 2.75) is 32.2 Å². The Morgan fingerprint density at radius 1 is 0.897 bits per heavy atom. The van der Waals surface area contributed by atoms with Crippen LogP contribution >= 0.6 is 0 Å². The summed E-state index contributed by atoms with van der Waals surface area (Å²) in [5, 5.41) is 2.91. The third-order valence-corrected chi connectivity index (χ3v) is 5.56. The predicted molar refractivity (Wildman–Crippen MR) is 111 cm³/mol. The van der Waals surface area contributed by atoms with E-state index in [-0.39, 0.29) is 30.7 Å². The van der Waals surface area contributed by atoms with Gasteiger partial charge in [-0.25, -0.2) is 0 Å². The number of amides is 3. The second-order valence-corrected chi connectivity index (χ2v) is 7.55. The number of nitrogens with zero attached hydrogens (tertiary/aromatic N) is 2. The molecular formula is C23H25N3O3. The van der Waals surface area contributed by atoms with E-state index in [2.05, 4.69) is 22.3 Å². The van der Waals surface area contributed by atoms with Crippen molar-refractivity contribution >= 4 is 23.4 Å². The third-order valence-electron chi connectivity index (χ3n) is 5.56. The van der Waals surface area contributed by atoms with Crippen LogP contribution in [-0.4, -0.2) is 42.3 Å². The second-order valence-electron chi connectivity index (χ2n) is 7.55. The topological polar surface area (TPSA) is 69.7 Å². The van der Waals surface area contributed by atoms with Crippen LogP contribution in [-0.2, 0) is 11.3 Å². The van der Waals surface area contributed by atoms with Crippen molar-refractivity contribution in [3.8, 4) is 0 Å². The van der Waals surface area contributed by atoms with Crippen LogP contribution in [0.15, 0.2) is 48.5 Å². The lowest BCUT2D eigenvalue weighted by Crippen LogP contribution is -2.32. The van der Waals surface area contributed by atoms with Gasteiger partial charge in [0.1, 0.15) is 0 Å². The average Bonchev–Trinajstić information content (AvgIpc) is 3.36. The molecule has 1 saturated heterocycles. The minimum atomic E-state index is -0.274. The van der Waals surface area contributed by atoms with E-state index in [1.165, 1.54) is 23.4 Å². The number of carbonyl (C=O) groups excluding carboxylic acids is 3. The van der Waals surface area contributed by atoms with Crippen molar-refractivity contribution < 1.29 is 14.4 Å². The molecule has 0 spiro atoms. The summed E-state index contributed by atoms with van der Waals surface area (Å²) in [6, 6.07) is 15.1. The maximum absolute atomic E-state index is 12.3. The number of carbonyl (C=O) groups is 3. The van der Waals surface area contributed by atoms with Gasteiger partial charge in [-0.15, -0.1) is 0 Å². The van der Waals surface area contributed by atoms with Crippen molar-refractivity contribution in [3.63, 3.8) is 0 Å². The number of hydrogen-bond donors (Lipinski definition) is 1. The fraction of sp³-hybridized carbons (Fsp3) is 0.348. The van der Waals surface area contributed by atoms with E-state index in [1.54, 1.807) is 24.3 Å². The summed E-state index contributed by atoms with van der Waals surface area (Å²) in [4.78, 5) is 40.4. The lowest BCUT2D eigenvalue weighted by molar-refractivity contribution is -0.121. The maximum atomic E-state index is 12.3. The summed E-state index contributed by atoms with van der Waals surface area (Å²) in [5.74, 6) is -0.626. The Kier molecular flexibility index (Phi) is 5.60. The molecule has 0 saturated carbocycles. The SMILES string of the molecule is O=C(CCCN1C(=O)c2ccccc2C1=O)NCc1ccc(N2CCCC2)cc1. The summed E-state index contributed by atoms with van der Waals surface area (Å²) in [6.07, 6.45) is 3.22. The number of benzene rings is 2. The molecule has 6 heteroatoms. The van der Waals surface area contributed by atoms with Crippen LogP contribution in [0.25, 0.3) is 0 Å². The summed E-state index contributed by atoms with van der Waals surface area (Å²) >= 11 is 0. The molecule has 0 unspecified atom stereocenters. The summed E-state index contributed by atoms with van der Waals surface area (Å²) in [7, 11) is 0. The predicted octanol–water partition coefficient (Wildman–Crippen LogP) is 2.98. The average molecular weight is 391 g/mol. The summed E-state index contributed by atoms with van der Waals surface area (Å²) in [5.41, 5.74) is 3.18. The van der Waals surface area contributed by atoms with Gasteiger partial charge < -0.3 is 10.2 Å². The fourth-order valence-corrected chi connectivity index (χ4v) is 3.93. The van der Waals surface area contributed by atoms with Crippen LogP contribution in [0.5, 0.6) is 0 Å². The normalized spacial score (nSPS) is 15.7. The van der Waals surface area contributed by atoms with Crippen molar-refractivity contribution in [3.05, 3.63) is 65.2 Å². The highest BCUT2D eigenvalue weighted by molar-refractivity contribution is 6.21. The van der Waals surface area contributed by atoms with Crippen molar-refractivity contribution in [1.82, 2.24) is 10.2 Å². The van der Waals surface area contributed by atoms with E-state index in [0.29, 0.717) is 24.1 Å². The largest absolute Gasteiger partial charge is 0.372 e. The Balaban J connectivity index is 1.21. The molecule has 0 atom stereocenters. The molecule has 2 aliphatic rings. The van der Waals surface area contributed by atoms with E-state index in [9.17, 15) is 14.4 Å². The highest BCUT2D eigenvalue weighted by Gasteiger charge is 2.34. The van der Waals surface area contributed by atoms with Crippen LogP contribution in [0, 0.1) is 0 Å². The molecule has 6 nitrogen and oxygen atoms in total. The zero-order chi connectivity index (χ0) is 20.2. The van der Waals surface area contributed by atoms with Gasteiger partial charge in [0.25, 0.3) is 11.8 Å².